The number of hydrogen-bond acceptors (Lipinski definition) is 7. The minimum absolute atomic E-state index is 0.0764. The molecule has 170 valence electrons. The highest BCUT2D eigenvalue weighted by atomic mass is 16.5. The maximum Gasteiger partial charge on any atom is 0.303 e. The number of hydrogen-bond donors (Lipinski definition) is 0. The van der Waals surface area contributed by atoms with Crippen LogP contribution < -0.4 is 0 Å². The molecular weight excluding hydrogens is 442 g/mol. The standard InChI is InChI=1S/C26H19N7O2/c1-17(34)35-16-19-15-22(31-33(19)18-9-3-2-4-10-18)24-26-30-29-25(21-12-7-8-14-27-21)32(26)23-13-6-5-11-20(23)28-24/h2-15H,16H2,1H3. The molecule has 6 rings (SSSR count). The molecule has 0 saturated carbocycles. The molecule has 0 spiro atoms. The number of carbonyl (C=O) groups excluding carboxylic acids is 1. The summed E-state index contributed by atoms with van der Waals surface area (Å²) in [6, 6.07) is 25.0. The molecule has 0 atom stereocenters. The molecule has 0 aliphatic heterocycles. The molecule has 0 unspecified atom stereocenters. The van der Waals surface area contributed by atoms with Crippen molar-refractivity contribution in [3.8, 4) is 28.6 Å². The minimum atomic E-state index is -0.365. The molecule has 0 bridgehead atoms. The first-order valence-electron chi connectivity index (χ1n) is 11.0. The van der Waals surface area contributed by atoms with Crippen molar-refractivity contribution in [3.63, 3.8) is 0 Å². The van der Waals surface area contributed by atoms with E-state index in [0.717, 1.165) is 16.7 Å². The Kier molecular flexibility index (Phi) is 4.99. The predicted octanol–water partition coefficient (Wildman–Crippen LogP) is 4.26. The zero-order valence-corrected chi connectivity index (χ0v) is 18.7. The second kappa shape index (κ2) is 8.45. The summed E-state index contributed by atoms with van der Waals surface area (Å²) in [5, 5.41) is 13.8. The lowest BCUT2D eigenvalue weighted by Gasteiger charge is -2.07. The Hall–Kier alpha value is -4.92. The van der Waals surface area contributed by atoms with Gasteiger partial charge in [-0.3, -0.25) is 14.2 Å². The molecule has 0 amide bonds. The number of nitrogens with zero attached hydrogens (tertiary/aromatic N) is 7. The number of ether oxygens (including phenoxy) is 1. The van der Waals surface area contributed by atoms with Crippen LogP contribution in [0.5, 0.6) is 0 Å². The highest BCUT2D eigenvalue weighted by Gasteiger charge is 2.21. The highest BCUT2D eigenvalue weighted by Crippen LogP contribution is 2.29. The van der Waals surface area contributed by atoms with Gasteiger partial charge in [0, 0.05) is 13.1 Å². The average molecular weight is 461 g/mol. The second-order valence-corrected chi connectivity index (χ2v) is 7.90. The van der Waals surface area contributed by atoms with Crippen LogP contribution in [0.3, 0.4) is 0 Å². The Morgan fingerprint density at radius 3 is 2.51 bits per heavy atom. The van der Waals surface area contributed by atoms with Gasteiger partial charge in [-0.2, -0.15) is 5.10 Å². The smallest absolute Gasteiger partial charge is 0.303 e. The van der Waals surface area contributed by atoms with Crippen LogP contribution in [0.1, 0.15) is 12.6 Å². The summed E-state index contributed by atoms with van der Waals surface area (Å²) in [4.78, 5) is 20.9. The topological polar surface area (TPSA) is 100 Å². The predicted molar refractivity (Wildman–Crippen MR) is 130 cm³/mol. The third-order valence-electron chi connectivity index (χ3n) is 5.57. The molecule has 0 fully saturated rings. The molecule has 4 heterocycles. The van der Waals surface area contributed by atoms with E-state index >= 15 is 0 Å². The van der Waals surface area contributed by atoms with E-state index in [2.05, 4.69) is 15.2 Å². The van der Waals surface area contributed by atoms with E-state index in [9.17, 15) is 4.79 Å². The van der Waals surface area contributed by atoms with Crippen LogP contribution in [0.2, 0.25) is 0 Å². The van der Waals surface area contributed by atoms with Gasteiger partial charge in [-0.15, -0.1) is 10.2 Å². The summed E-state index contributed by atoms with van der Waals surface area (Å²) < 4.78 is 9.00. The van der Waals surface area contributed by atoms with Crippen molar-refractivity contribution in [3.05, 3.63) is 90.8 Å². The summed E-state index contributed by atoms with van der Waals surface area (Å²) in [6.45, 7) is 1.46. The lowest BCUT2D eigenvalue weighted by atomic mass is 10.2. The number of fused-ring (bicyclic) bond motifs is 3. The fourth-order valence-corrected chi connectivity index (χ4v) is 4.02. The summed E-state index contributed by atoms with van der Waals surface area (Å²) in [6.07, 6.45) is 1.73. The lowest BCUT2D eigenvalue weighted by Crippen LogP contribution is -2.06. The minimum Gasteiger partial charge on any atom is -0.459 e. The van der Waals surface area contributed by atoms with Gasteiger partial charge in [0.1, 0.15) is 23.7 Å². The van der Waals surface area contributed by atoms with E-state index in [-0.39, 0.29) is 12.6 Å². The monoisotopic (exact) mass is 461 g/mol. The van der Waals surface area contributed by atoms with Crippen molar-refractivity contribution in [2.45, 2.75) is 13.5 Å². The molecule has 0 radical (unpaired) electrons. The maximum atomic E-state index is 11.5. The first-order chi connectivity index (χ1) is 17.2. The first kappa shape index (κ1) is 20.7. The number of benzene rings is 2. The van der Waals surface area contributed by atoms with E-state index < -0.39 is 0 Å². The summed E-state index contributed by atoms with van der Waals surface area (Å²) in [5.74, 6) is 0.249. The third kappa shape index (κ3) is 3.68. The molecule has 9 heteroatoms. The molecule has 2 aromatic carbocycles. The van der Waals surface area contributed by atoms with Crippen LogP contribution in [0.15, 0.2) is 85.1 Å². The number of para-hydroxylation sites is 3. The molecule has 6 aromatic rings. The highest BCUT2D eigenvalue weighted by molar-refractivity contribution is 5.86. The van der Waals surface area contributed by atoms with Gasteiger partial charge in [0.2, 0.25) is 0 Å². The van der Waals surface area contributed by atoms with Crippen LogP contribution in [-0.4, -0.2) is 40.3 Å². The Bertz CT molecular complexity index is 1670. The van der Waals surface area contributed by atoms with Gasteiger partial charge in [-0.25, -0.2) is 9.67 Å². The lowest BCUT2D eigenvalue weighted by molar-refractivity contribution is -0.142. The van der Waals surface area contributed by atoms with Crippen molar-refractivity contribution in [2.24, 2.45) is 0 Å². The summed E-state index contributed by atoms with van der Waals surface area (Å²) in [7, 11) is 0. The first-order valence-corrected chi connectivity index (χ1v) is 11.0. The fourth-order valence-electron chi connectivity index (χ4n) is 4.02. The number of esters is 1. The van der Waals surface area contributed by atoms with Crippen LogP contribution in [0, 0.1) is 0 Å². The van der Waals surface area contributed by atoms with Crippen molar-refractivity contribution < 1.29 is 9.53 Å². The SMILES string of the molecule is CC(=O)OCc1cc(-c2nc3ccccc3n3c(-c4ccccn4)nnc23)nn1-c1ccccc1. The largest absolute Gasteiger partial charge is 0.459 e. The van der Waals surface area contributed by atoms with Crippen molar-refractivity contribution in [2.75, 3.05) is 0 Å². The van der Waals surface area contributed by atoms with Crippen molar-refractivity contribution in [1.82, 2.24) is 34.3 Å². The number of rotatable bonds is 5. The van der Waals surface area contributed by atoms with Crippen molar-refractivity contribution >= 4 is 22.6 Å². The summed E-state index contributed by atoms with van der Waals surface area (Å²) in [5.41, 5.74) is 5.59. The van der Waals surface area contributed by atoms with Crippen LogP contribution >= 0.6 is 0 Å². The third-order valence-corrected chi connectivity index (χ3v) is 5.57. The number of aromatic nitrogens is 7. The molecule has 35 heavy (non-hydrogen) atoms. The zero-order valence-electron chi connectivity index (χ0n) is 18.7. The Morgan fingerprint density at radius 2 is 1.71 bits per heavy atom. The van der Waals surface area contributed by atoms with Gasteiger partial charge in [-0.05, 0) is 42.5 Å². The maximum absolute atomic E-state index is 11.5. The van der Waals surface area contributed by atoms with Gasteiger partial charge in [0.15, 0.2) is 11.5 Å². The van der Waals surface area contributed by atoms with E-state index in [0.29, 0.717) is 34.2 Å². The molecule has 0 N–H and O–H groups in total. The molecule has 0 aliphatic carbocycles. The Balaban J connectivity index is 1.60. The van der Waals surface area contributed by atoms with Crippen LogP contribution in [0.4, 0.5) is 0 Å². The average Bonchev–Trinajstić information content (AvgIpc) is 3.53. The van der Waals surface area contributed by atoms with Crippen LogP contribution in [-0.2, 0) is 16.1 Å². The van der Waals surface area contributed by atoms with Gasteiger partial charge in [0.05, 0.1) is 22.4 Å². The normalized spacial score (nSPS) is 11.2. The summed E-state index contributed by atoms with van der Waals surface area (Å²) >= 11 is 0. The van der Waals surface area contributed by atoms with Gasteiger partial charge in [-0.1, -0.05) is 36.4 Å². The molecule has 4 aromatic heterocycles. The van der Waals surface area contributed by atoms with E-state index in [4.69, 9.17) is 14.8 Å². The zero-order chi connectivity index (χ0) is 23.8. The molecule has 0 saturated heterocycles. The number of pyridine rings is 1. The second-order valence-electron chi connectivity index (χ2n) is 7.90. The molecule has 0 aliphatic rings. The van der Waals surface area contributed by atoms with E-state index in [1.807, 2.05) is 83.3 Å². The Morgan fingerprint density at radius 1 is 0.914 bits per heavy atom. The van der Waals surface area contributed by atoms with Gasteiger partial charge < -0.3 is 4.74 Å². The quantitative estimate of drug-likeness (QED) is 0.354. The van der Waals surface area contributed by atoms with Crippen molar-refractivity contribution in [1.29, 1.82) is 0 Å². The molecule has 9 nitrogen and oxygen atoms in total. The van der Waals surface area contributed by atoms with E-state index in [1.165, 1.54) is 6.92 Å². The van der Waals surface area contributed by atoms with Crippen LogP contribution in [0.25, 0.3) is 45.3 Å². The van der Waals surface area contributed by atoms with E-state index in [1.54, 1.807) is 10.9 Å². The van der Waals surface area contributed by atoms with Gasteiger partial charge >= 0.3 is 5.97 Å². The number of carbonyl (C=O) groups is 1. The van der Waals surface area contributed by atoms with Gasteiger partial charge in [0.25, 0.3) is 0 Å². The Labute approximate surface area is 199 Å². The fraction of sp³-hybridized carbons (Fsp3) is 0.0769. The molecular formula is C26H19N7O2.